The summed E-state index contributed by atoms with van der Waals surface area (Å²) in [6.45, 7) is 3.54. The maximum absolute atomic E-state index is 13.2. The summed E-state index contributed by atoms with van der Waals surface area (Å²) in [4.78, 5) is 0. The van der Waals surface area contributed by atoms with E-state index >= 15 is 0 Å². The number of rotatable bonds is 4. The van der Waals surface area contributed by atoms with E-state index in [4.69, 9.17) is 10.5 Å². The molecular formula is C10H11F2NO. The van der Waals surface area contributed by atoms with Gasteiger partial charge in [0.25, 0.3) is 0 Å². The van der Waals surface area contributed by atoms with Crippen LogP contribution in [-0.4, -0.2) is 6.61 Å². The Morgan fingerprint density at radius 1 is 1.36 bits per heavy atom. The van der Waals surface area contributed by atoms with Crippen LogP contribution in [0.4, 0.5) is 8.78 Å². The van der Waals surface area contributed by atoms with Crippen LogP contribution in [0.3, 0.4) is 0 Å². The fourth-order valence-electron chi connectivity index (χ4n) is 1.01. The van der Waals surface area contributed by atoms with E-state index in [-0.39, 0.29) is 18.9 Å². The zero-order chi connectivity index (χ0) is 10.6. The molecule has 4 heteroatoms. The summed E-state index contributed by atoms with van der Waals surface area (Å²) in [7, 11) is 0. The van der Waals surface area contributed by atoms with E-state index in [9.17, 15) is 8.78 Å². The smallest absolute Gasteiger partial charge is 0.191 e. The molecular weight excluding hydrogens is 188 g/mol. The summed E-state index contributed by atoms with van der Waals surface area (Å²) in [6, 6.07) is 2.31. The van der Waals surface area contributed by atoms with Crippen molar-refractivity contribution in [1.82, 2.24) is 0 Å². The van der Waals surface area contributed by atoms with Crippen LogP contribution < -0.4 is 10.5 Å². The lowest BCUT2D eigenvalue weighted by atomic mass is 10.2. The van der Waals surface area contributed by atoms with Crippen molar-refractivity contribution >= 4 is 0 Å². The maximum atomic E-state index is 13.2. The minimum Gasteiger partial charge on any atom is -0.483 e. The van der Waals surface area contributed by atoms with Gasteiger partial charge in [-0.25, -0.2) is 8.78 Å². The lowest BCUT2D eigenvalue weighted by Gasteiger charge is -2.07. The van der Waals surface area contributed by atoms with E-state index in [1.165, 1.54) is 6.08 Å². The average molecular weight is 199 g/mol. The van der Waals surface area contributed by atoms with Gasteiger partial charge in [-0.05, 0) is 17.7 Å². The van der Waals surface area contributed by atoms with Gasteiger partial charge < -0.3 is 10.5 Å². The molecule has 0 saturated carbocycles. The topological polar surface area (TPSA) is 35.2 Å². The van der Waals surface area contributed by atoms with Gasteiger partial charge in [-0.1, -0.05) is 12.7 Å². The first-order chi connectivity index (χ1) is 6.69. The molecule has 0 unspecified atom stereocenters. The quantitative estimate of drug-likeness (QED) is 0.752. The SMILES string of the molecule is C=CCOc1c(F)cc(CN)cc1F. The van der Waals surface area contributed by atoms with Gasteiger partial charge in [-0.15, -0.1) is 0 Å². The van der Waals surface area contributed by atoms with E-state index in [0.717, 1.165) is 12.1 Å². The van der Waals surface area contributed by atoms with Gasteiger partial charge in [0, 0.05) is 6.54 Å². The summed E-state index contributed by atoms with van der Waals surface area (Å²) < 4.78 is 31.1. The number of ether oxygens (including phenoxy) is 1. The molecule has 0 aliphatic heterocycles. The van der Waals surface area contributed by atoms with Gasteiger partial charge in [0.15, 0.2) is 17.4 Å². The molecule has 0 spiro atoms. The Morgan fingerprint density at radius 2 is 1.93 bits per heavy atom. The lowest BCUT2D eigenvalue weighted by molar-refractivity contribution is 0.320. The minimum absolute atomic E-state index is 0.0653. The number of halogens is 2. The molecule has 0 amide bonds. The number of benzene rings is 1. The van der Waals surface area contributed by atoms with Crippen molar-refractivity contribution in [2.24, 2.45) is 5.73 Å². The predicted octanol–water partition coefficient (Wildman–Crippen LogP) is 1.99. The molecule has 0 aliphatic rings. The molecule has 0 heterocycles. The monoisotopic (exact) mass is 199 g/mol. The number of hydrogen-bond acceptors (Lipinski definition) is 2. The lowest BCUT2D eigenvalue weighted by Crippen LogP contribution is -2.03. The molecule has 0 radical (unpaired) electrons. The Hall–Kier alpha value is -1.42. The first-order valence-electron chi connectivity index (χ1n) is 4.10. The third-order valence-electron chi connectivity index (χ3n) is 1.64. The van der Waals surface area contributed by atoms with Crippen molar-refractivity contribution in [3.63, 3.8) is 0 Å². The second-order valence-corrected chi connectivity index (χ2v) is 2.69. The van der Waals surface area contributed by atoms with Crippen LogP contribution in [0, 0.1) is 11.6 Å². The third kappa shape index (κ3) is 2.29. The van der Waals surface area contributed by atoms with Crippen molar-refractivity contribution < 1.29 is 13.5 Å². The second-order valence-electron chi connectivity index (χ2n) is 2.69. The Morgan fingerprint density at radius 3 is 2.36 bits per heavy atom. The summed E-state index contributed by atoms with van der Waals surface area (Å²) in [5.41, 5.74) is 5.64. The van der Waals surface area contributed by atoms with Crippen LogP contribution in [-0.2, 0) is 6.54 Å². The minimum atomic E-state index is -0.743. The second kappa shape index (κ2) is 4.72. The Bertz CT molecular complexity index is 316. The van der Waals surface area contributed by atoms with Crippen molar-refractivity contribution in [3.8, 4) is 5.75 Å². The summed E-state index contributed by atoms with van der Waals surface area (Å²) in [5, 5.41) is 0. The highest BCUT2D eigenvalue weighted by molar-refractivity contribution is 5.31. The third-order valence-corrected chi connectivity index (χ3v) is 1.64. The largest absolute Gasteiger partial charge is 0.483 e. The van der Waals surface area contributed by atoms with Crippen LogP contribution in [0.15, 0.2) is 24.8 Å². The van der Waals surface area contributed by atoms with Crippen LogP contribution >= 0.6 is 0 Å². The van der Waals surface area contributed by atoms with E-state index in [2.05, 4.69) is 6.58 Å². The Kier molecular flexibility index (Phi) is 3.59. The molecule has 0 aliphatic carbocycles. The van der Waals surface area contributed by atoms with Crippen molar-refractivity contribution in [2.45, 2.75) is 6.54 Å². The van der Waals surface area contributed by atoms with Crippen LogP contribution in [0.5, 0.6) is 5.75 Å². The first-order valence-corrected chi connectivity index (χ1v) is 4.10. The van der Waals surface area contributed by atoms with Gasteiger partial charge in [-0.2, -0.15) is 0 Å². The molecule has 1 aromatic carbocycles. The number of hydrogen-bond donors (Lipinski definition) is 1. The van der Waals surface area contributed by atoms with Crippen LogP contribution in [0.1, 0.15) is 5.56 Å². The molecule has 76 valence electrons. The molecule has 0 aromatic heterocycles. The van der Waals surface area contributed by atoms with Crippen molar-refractivity contribution in [1.29, 1.82) is 0 Å². The zero-order valence-electron chi connectivity index (χ0n) is 7.59. The highest BCUT2D eigenvalue weighted by Gasteiger charge is 2.11. The maximum Gasteiger partial charge on any atom is 0.191 e. The molecule has 0 atom stereocenters. The summed E-state index contributed by atoms with van der Waals surface area (Å²) in [5.74, 6) is -1.87. The van der Waals surface area contributed by atoms with E-state index in [1.807, 2.05) is 0 Å². The molecule has 1 rings (SSSR count). The van der Waals surface area contributed by atoms with E-state index in [0.29, 0.717) is 5.56 Å². The van der Waals surface area contributed by atoms with Crippen LogP contribution in [0.2, 0.25) is 0 Å². The fourth-order valence-corrected chi connectivity index (χ4v) is 1.01. The molecule has 0 fully saturated rings. The van der Waals surface area contributed by atoms with Crippen molar-refractivity contribution in [3.05, 3.63) is 42.0 Å². The van der Waals surface area contributed by atoms with Crippen molar-refractivity contribution in [2.75, 3.05) is 6.61 Å². The average Bonchev–Trinajstić information content (AvgIpc) is 2.16. The number of nitrogens with two attached hydrogens (primary N) is 1. The van der Waals surface area contributed by atoms with Gasteiger partial charge >= 0.3 is 0 Å². The summed E-state index contributed by atoms with van der Waals surface area (Å²) in [6.07, 6.45) is 1.41. The molecule has 0 bridgehead atoms. The van der Waals surface area contributed by atoms with Gasteiger partial charge in [-0.3, -0.25) is 0 Å². The van der Waals surface area contributed by atoms with Gasteiger partial charge in [0.2, 0.25) is 0 Å². The predicted molar refractivity (Wildman–Crippen MR) is 49.9 cm³/mol. The fraction of sp³-hybridized carbons (Fsp3) is 0.200. The summed E-state index contributed by atoms with van der Waals surface area (Å²) >= 11 is 0. The first kappa shape index (κ1) is 10.7. The molecule has 2 nitrogen and oxygen atoms in total. The Labute approximate surface area is 81.0 Å². The Balaban J connectivity index is 2.98. The van der Waals surface area contributed by atoms with E-state index in [1.54, 1.807) is 0 Å². The standard InChI is InChI=1S/C10H11F2NO/c1-2-3-14-10-8(11)4-7(6-13)5-9(10)12/h2,4-5H,1,3,6,13H2. The van der Waals surface area contributed by atoms with Crippen LogP contribution in [0.25, 0.3) is 0 Å². The highest BCUT2D eigenvalue weighted by atomic mass is 19.1. The normalized spacial score (nSPS) is 9.93. The zero-order valence-corrected chi connectivity index (χ0v) is 7.59. The van der Waals surface area contributed by atoms with E-state index < -0.39 is 11.6 Å². The van der Waals surface area contributed by atoms with Gasteiger partial charge in [0.05, 0.1) is 0 Å². The van der Waals surface area contributed by atoms with Gasteiger partial charge in [0.1, 0.15) is 6.61 Å². The molecule has 14 heavy (non-hydrogen) atoms. The molecule has 2 N–H and O–H groups in total. The highest BCUT2D eigenvalue weighted by Crippen LogP contribution is 2.23. The molecule has 0 saturated heterocycles. The molecule has 1 aromatic rings.